The largest absolute Gasteiger partial charge is 0.376 e. The van der Waals surface area contributed by atoms with Crippen LogP contribution in [0.2, 0.25) is 0 Å². The Morgan fingerprint density at radius 1 is 1.23 bits per heavy atom. The smallest absolute Gasteiger partial charge is 0.332 e. The third-order valence-electron chi connectivity index (χ3n) is 4.89. The van der Waals surface area contributed by atoms with Gasteiger partial charge in [-0.1, -0.05) is 32.5 Å². The normalized spacial score (nSPS) is 16.9. The van der Waals surface area contributed by atoms with Crippen LogP contribution in [-0.2, 0) is 30.0 Å². The van der Waals surface area contributed by atoms with Gasteiger partial charge in [-0.05, 0) is 18.3 Å². The molecule has 0 bridgehead atoms. The summed E-state index contributed by atoms with van der Waals surface area (Å²) in [6.07, 6.45) is 2.61. The molecule has 10 heteroatoms. The topological polar surface area (TPSA) is 108 Å². The van der Waals surface area contributed by atoms with Gasteiger partial charge in [-0.2, -0.15) is 0 Å². The monoisotopic (exact) mass is 435 g/mol. The van der Waals surface area contributed by atoms with E-state index in [1.54, 1.807) is 7.05 Å². The molecule has 3 heterocycles. The fraction of sp³-hybridized carbons (Fsp3) is 0.650. The van der Waals surface area contributed by atoms with Gasteiger partial charge in [-0.3, -0.25) is 18.7 Å². The lowest BCUT2D eigenvalue weighted by atomic mass is 9.92. The molecular weight excluding hydrogens is 406 g/mol. The molecule has 0 saturated carbocycles. The average molecular weight is 436 g/mol. The number of hydrogen-bond donors (Lipinski definition) is 1. The van der Waals surface area contributed by atoms with Crippen LogP contribution < -0.4 is 16.6 Å². The third kappa shape index (κ3) is 5.10. The highest BCUT2D eigenvalue weighted by atomic mass is 32.2. The first kappa shape index (κ1) is 22.5. The standard InChI is InChI=1S/C20H29N5O4S/c1-20(2,3)9-13-22-16-15(18(27)25(5)19(28)24(16)4)17(23-13)30-11-14(26)21-10-12-7-6-8-29-12/h12H,6-11H2,1-5H3,(H,21,26)/t12-/m1/s1. The molecule has 0 radical (unpaired) electrons. The molecule has 1 N–H and O–H groups in total. The number of carbonyl (C=O) groups excluding carboxylic acids is 1. The average Bonchev–Trinajstić information content (AvgIpc) is 3.19. The predicted molar refractivity (Wildman–Crippen MR) is 116 cm³/mol. The minimum atomic E-state index is -0.460. The van der Waals surface area contributed by atoms with Gasteiger partial charge in [0, 0.05) is 33.7 Å². The van der Waals surface area contributed by atoms with Crippen molar-refractivity contribution < 1.29 is 9.53 Å². The highest BCUT2D eigenvalue weighted by Gasteiger charge is 2.21. The molecule has 1 atom stereocenters. The summed E-state index contributed by atoms with van der Waals surface area (Å²) in [5, 5.41) is 3.55. The molecule has 1 aliphatic rings. The highest BCUT2D eigenvalue weighted by Crippen LogP contribution is 2.25. The van der Waals surface area contributed by atoms with E-state index in [1.807, 2.05) is 0 Å². The summed E-state index contributed by atoms with van der Waals surface area (Å²) >= 11 is 1.19. The molecule has 1 aliphatic heterocycles. The molecule has 0 aromatic carbocycles. The Kier molecular flexibility index (Phi) is 6.66. The zero-order valence-corrected chi connectivity index (χ0v) is 19.0. The highest BCUT2D eigenvalue weighted by molar-refractivity contribution is 8.00. The van der Waals surface area contributed by atoms with Crippen molar-refractivity contribution in [2.75, 3.05) is 18.9 Å². The van der Waals surface area contributed by atoms with E-state index in [9.17, 15) is 14.4 Å². The van der Waals surface area contributed by atoms with Crippen molar-refractivity contribution >= 4 is 28.7 Å². The van der Waals surface area contributed by atoms with Crippen molar-refractivity contribution in [2.45, 2.75) is 51.2 Å². The molecule has 2 aromatic rings. The van der Waals surface area contributed by atoms with Crippen molar-refractivity contribution in [1.82, 2.24) is 24.4 Å². The lowest BCUT2D eigenvalue weighted by Crippen LogP contribution is -2.38. The van der Waals surface area contributed by atoms with Crippen LogP contribution in [0, 0.1) is 5.41 Å². The Morgan fingerprint density at radius 2 is 1.97 bits per heavy atom. The Hall–Kier alpha value is -2.20. The number of hydrogen-bond acceptors (Lipinski definition) is 7. The summed E-state index contributed by atoms with van der Waals surface area (Å²) in [7, 11) is 3.01. The molecule has 0 aliphatic carbocycles. The summed E-state index contributed by atoms with van der Waals surface area (Å²) < 4.78 is 7.91. The number of carbonyl (C=O) groups is 1. The third-order valence-corrected chi connectivity index (χ3v) is 5.87. The van der Waals surface area contributed by atoms with Gasteiger partial charge in [0.2, 0.25) is 5.91 Å². The van der Waals surface area contributed by atoms with Crippen LogP contribution in [0.4, 0.5) is 0 Å². The maximum Gasteiger partial charge on any atom is 0.332 e. The summed E-state index contributed by atoms with van der Waals surface area (Å²) in [6.45, 7) is 7.41. The SMILES string of the molecule is Cn1c(=O)c2c(SCC(=O)NC[C@H]3CCCO3)nc(CC(C)(C)C)nc2n(C)c1=O. The summed E-state index contributed by atoms with van der Waals surface area (Å²) in [4.78, 5) is 46.6. The van der Waals surface area contributed by atoms with Gasteiger partial charge in [0.1, 0.15) is 16.2 Å². The number of nitrogens with one attached hydrogen (secondary N) is 1. The van der Waals surface area contributed by atoms with E-state index >= 15 is 0 Å². The first-order valence-corrected chi connectivity index (χ1v) is 11.0. The number of rotatable bonds is 6. The van der Waals surface area contributed by atoms with Crippen LogP contribution in [0.25, 0.3) is 11.0 Å². The minimum Gasteiger partial charge on any atom is -0.376 e. The van der Waals surface area contributed by atoms with Gasteiger partial charge < -0.3 is 10.1 Å². The molecular formula is C20H29N5O4S. The Bertz CT molecular complexity index is 1060. The van der Waals surface area contributed by atoms with Crippen molar-refractivity contribution in [1.29, 1.82) is 0 Å². The predicted octanol–water partition coefficient (Wildman–Crippen LogP) is 1.00. The van der Waals surface area contributed by atoms with Crippen LogP contribution in [0.5, 0.6) is 0 Å². The van der Waals surface area contributed by atoms with Crippen LogP contribution in [-0.4, -0.2) is 50.0 Å². The van der Waals surface area contributed by atoms with Crippen molar-refractivity contribution in [2.24, 2.45) is 19.5 Å². The van der Waals surface area contributed by atoms with Gasteiger partial charge in [0.25, 0.3) is 5.56 Å². The van der Waals surface area contributed by atoms with E-state index in [0.29, 0.717) is 29.5 Å². The van der Waals surface area contributed by atoms with Gasteiger partial charge in [0.05, 0.1) is 11.9 Å². The molecule has 1 fully saturated rings. The molecule has 9 nitrogen and oxygen atoms in total. The molecule has 0 unspecified atom stereocenters. The second-order valence-corrected chi connectivity index (χ2v) is 9.78. The maximum atomic E-state index is 12.8. The molecule has 1 saturated heterocycles. The summed E-state index contributed by atoms with van der Waals surface area (Å²) in [5.74, 6) is 0.501. The van der Waals surface area contributed by atoms with Gasteiger partial charge in [0.15, 0.2) is 5.65 Å². The zero-order chi connectivity index (χ0) is 22.1. The number of nitrogens with zero attached hydrogens (tertiary/aromatic N) is 4. The lowest BCUT2D eigenvalue weighted by Gasteiger charge is -2.18. The van der Waals surface area contributed by atoms with Crippen LogP contribution in [0.15, 0.2) is 14.6 Å². The van der Waals surface area contributed by atoms with E-state index in [0.717, 1.165) is 24.0 Å². The Morgan fingerprint density at radius 3 is 2.60 bits per heavy atom. The molecule has 3 rings (SSSR count). The number of fused-ring (bicyclic) bond motifs is 1. The van der Waals surface area contributed by atoms with Crippen LogP contribution >= 0.6 is 11.8 Å². The molecule has 0 spiro atoms. The molecule has 1 amide bonds. The number of ether oxygens (including phenoxy) is 1. The number of aryl methyl sites for hydroxylation is 1. The van der Waals surface area contributed by atoms with E-state index in [1.165, 1.54) is 23.4 Å². The first-order chi connectivity index (χ1) is 14.1. The fourth-order valence-electron chi connectivity index (χ4n) is 3.35. The van der Waals surface area contributed by atoms with Crippen LogP contribution in [0.1, 0.15) is 39.4 Å². The molecule has 30 heavy (non-hydrogen) atoms. The lowest BCUT2D eigenvalue weighted by molar-refractivity contribution is -0.119. The van der Waals surface area contributed by atoms with Gasteiger partial charge >= 0.3 is 5.69 Å². The fourth-order valence-corrected chi connectivity index (χ4v) is 4.21. The van der Waals surface area contributed by atoms with Crippen molar-refractivity contribution in [3.63, 3.8) is 0 Å². The number of aromatic nitrogens is 4. The van der Waals surface area contributed by atoms with E-state index in [2.05, 4.69) is 36.1 Å². The minimum absolute atomic E-state index is 0.0686. The van der Waals surface area contributed by atoms with Crippen LogP contribution in [0.3, 0.4) is 0 Å². The molecule has 2 aromatic heterocycles. The quantitative estimate of drug-likeness (QED) is 0.533. The van der Waals surface area contributed by atoms with E-state index < -0.39 is 11.2 Å². The van der Waals surface area contributed by atoms with Crippen molar-refractivity contribution in [3.8, 4) is 0 Å². The first-order valence-electron chi connectivity index (χ1n) is 10.0. The van der Waals surface area contributed by atoms with E-state index in [4.69, 9.17) is 4.74 Å². The van der Waals surface area contributed by atoms with Gasteiger partial charge in [-0.15, -0.1) is 0 Å². The summed E-state index contributed by atoms with van der Waals surface area (Å²) in [5.41, 5.74) is -0.692. The number of amides is 1. The van der Waals surface area contributed by atoms with E-state index in [-0.39, 0.29) is 28.6 Å². The zero-order valence-electron chi connectivity index (χ0n) is 18.2. The second-order valence-electron chi connectivity index (χ2n) is 8.81. The van der Waals surface area contributed by atoms with Crippen molar-refractivity contribution in [3.05, 3.63) is 26.7 Å². The maximum absolute atomic E-state index is 12.8. The summed E-state index contributed by atoms with van der Waals surface area (Å²) in [6, 6.07) is 0. The van der Waals surface area contributed by atoms with Gasteiger partial charge in [-0.25, -0.2) is 14.8 Å². The molecule has 164 valence electrons. The Labute approximate surface area is 179 Å². The Balaban J connectivity index is 1.91. The second kappa shape index (κ2) is 8.89. The number of thioether (sulfide) groups is 1.